The van der Waals surface area contributed by atoms with Crippen LogP contribution in [0.25, 0.3) is 0 Å². The zero-order valence-electron chi connectivity index (χ0n) is 19.5. The Kier molecular flexibility index (Phi) is 7.23. The number of aryl methyl sites for hydroxylation is 1. The van der Waals surface area contributed by atoms with E-state index in [0.29, 0.717) is 24.3 Å². The molecule has 0 N–H and O–H groups in total. The van der Waals surface area contributed by atoms with Crippen LogP contribution < -0.4 is 9.64 Å². The second-order valence-electron chi connectivity index (χ2n) is 8.76. The standard InChI is InChI=1S/C25H30N2O6S/c1-18-12-14-20(15-13-18)34(30,31)27(19-8-4-3-5-9-19)17-24(28)26-16-23(25(29)32-2)33-22-11-7-6-10-21(22)26/h6-7,10-15,19,23H,3-5,8-9,16-17H2,1-2H3/t23-/m0/s1. The minimum Gasteiger partial charge on any atom is -0.475 e. The lowest BCUT2D eigenvalue weighted by Crippen LogP contribution is -2.52. The first-order chi connectivity index (χ1) is 16.3. The molecule has 1 aliphatic heterocycles. The number of anilines is 1. The number of benzene rings is 2. The van der Waals surface area contributed by atoms with E-state index in [-0.39, 0.29) is 24.0 Å². The maximum atomic E-state index is 13.7. The number of rotatable bonds is 6. The zero-order valence-corrected chi connectivity index (χ0v) is 20.3. The first-order valence-corrected chi connectivity index (χ1v) is 13.0. The summed E-state index contributed by atoms with van der Waals surface area (Å²) in [6.45, 7) is 1.53. The van der Waals surface area contributed by atoms with E-state index in [4.69, 9.17) is 9.47 Å². The fraction of sp³-hybridized carbons (Fsp3) is 0.440. The molecule has 4 rings (SSSR count). The van der Waals surface area contributed by atoms with Crippen LogP contribution in [-0.2, 0) is 24.3 Å². The van der Waals surface area contributed by atoms with Crippen LogP contribution in [0.15, 0.2) is 53.4 Å². The van der Waals surface area contributed by atoms with Crippen LogP contribution in [0.2, 0.25) is 0 Å². The van der Waals surface area contributed by atoms with Crippen molar-refractivity contribution in [2.24, 2.45) is 0 Å². The monoisotopic (exact) mass is 486 g/mol. The van der Waals surface area contributed by atoms with Crippen molar-refractivity contribution in [3.8, 4) is 5.75 Å². The molecule has 1 saturated carbocycles. The number of nitrogens with zero attached hydrogens (tertiary/aromatic N) is 2. The van der Waals surface area contributed by atoms with Gasteiger partial charge in [-0.3, -0.25) is 4.79 Å². The molecule has 0 radical (unpaired) electrons. The van der Waals surface area contributed by atoms with Gasteiger partial charge in [-0.05, 0) is 44.0 Å². The van der Waals surface area contributed by atoms with Gasteiger partial charge in [0.15, 0.2) is 0 Å². The molecular formula is C25H30N2O6S. The van der Waals surface area contributed by atoms with Crippen molar-refractivity contribution in [3.05, 3.63) is 54.1 Å². The average Bonchev–Trinajstić information content (AvgIpc) is 2.86. The number of hydrogen-bond donors (Lipinski definition) is 0. The van der Waals surface area contributed by atoms with Crippen molar-refractivity contribution in [1.29, 1.82) is 0 Å². The van der Waals surface area contributed by atoms with Gasteiger partial charge in [0, 0.05) is 6.04 Å². The van der Waals surface area contributed by atoms with E-state index in [0.717, 1.165) is 24.8 Å². The van der Waals surface area contributed by atoms with Crippen molar-refractivity contribution >= 4 is 27.6 Å². The number of ether oxygens (including phenoxy) is 2. The summed E-state index contributed by atoms with van der Waals surface area (Å²) in [5, 5.41) is 0. The lowest BCUT2D eigenvalue weighted by atomic mass is 9.95. The van der Waals surface area contributed by atoms with Gasteiger partial charge in [-0.25, -0.2) is 13.2 Å². The van der Waals surface area contributed by atoms with Gasteiger partial charge in [-0.15, -0.1) is 0 Å². The molecule has 0 unspecified atom stereocenters. The van der Waals surface area contributed by atoms with E-state index in [1.165, 1.54) is 16.3 Å². The van der Waals surface area contributed by atoms with Crippen LogP contribution in [0, 0.1) is 6.92 Å². The first kappa shape index (κ1) is 24.2. The van der Waals surface area contributed by atoms with E-state index in [1.54, 1.807) is 48.5 Å². The number of carbonyl (C=O) groups excluding carboxylic acids is 2. The Morgan fingerprint density at radius 1 is 1.06 bits per heavy atom. The van der Waals surface area contributed by atoms with E-state index in [1.807, 2.05) is 6.92 Å². The molecular weight excluding hydrogens is 456 g/mol. The molecule has 9 heteroatoms. The largest absolute Gasteiger partial charge is 0.475 e. The molecule has 8 nitrogen and oxygen atoms in total. The minimum absolute atomic E-state index is 0.0500. The number of fused-ring (bicyclic) bond motifs is 1. The third-order valence-corrected chi connectivity index (χ3v) is 8.35. The topological polar surface area (TPSA) is 93.2 Å². The quantitative estimate of drug-likeness (QED) is 0.582. The molecule has 1 amide bonds. The summed E-state index contributed by atoms with van der Waals surface area (Å²) in [6.07, 6.45) is 3.33. The molecule has 0 saturated heterocycles. The summed E-state index contributed by atoms with van der Waals surface area (Å²) in [5.74, 6) is -0.627. The number of hydrogen-bond acceptors (Lipinski definition) is 6. The van der Waals surface area contributed by atoms with Gasteiger partial charge in [0.25, 0.3) is 0 Å². The van der Waals surface area contributed by atoms with Crippen LogP contribution in [-0.4, -0.2) is 56.9 Å². The van der Waals surface area contributed by atoms with Gasteiger partial charge in [-0.2, -0.15) is 4.31 Å². The van der Waals surface area contributed by atoms with Gasteiger partial charge < -0.3 is 14.4 Å². The Morgan fingerprint density at radius 3 is 2.41 bits per heavy atom. The minimum atomic E-state index is -3.90. The molecule has 2 aliphatic rings. The van der Waals surface area contributed by atoms with Gasteiger partial charge in [0.1, 0.15) is 5.75 Å². The number of esters is 1. The smallest absolute Gasteiger partial charge is 0.348 e. The molecule has 34 heavy (non-hydrogen) atoms. The number of carbonyl (C=O) groups is 2. The van der Waals surface area contributed by atoms with Gasteiger partial charge >= 0.3 is 5.97 Å². The van der Waals surface area contributed by atoms with Gasteiger partial charge in [0.2, 0.25) is 22.0 Å². The third-order valence-electron chi connectivity index (χ3n) is 6.44. The van der Waals surface area contributed by atoms with E-state index in [9.17, 15) is 18.0 Å². The maximum Gasteiger partial charge on any atom is 0.348 e. The highest BCUT2D eigenvalue weighted by Gasteiger charge is 2.39. The summed E-state index contributed by atoms with van der Waals surface area (Å²) in [4.78, 5) is 27.4. The summed E-state index contributed by atoms with van der Waals surface area (Å²) in [7, 11) is -2.64. The van der Waals surface area contributed by atoms with E-state index < -0.39 is 28.0 Å². The molecule has 1 atom stereocenters. The fourth-order valence-electron chi connectivity index (χ4n) is 4.57. The molecule has 182 valence electrons. The molecule has 1 heterocycles. The van der Waals surface area contributed by atoms with Crippen molar-refractivity contribution in [2.75, 3.05) is 25.1 Å². The van der Waals surface area contributed by atoms with Crippen LogP contribution in [0.3, 0.4) is 0 Å². The molecule has 2 aromatic carbocycles. The number of methoxy groups -OCH3 is 1. The second-order valence-corrected chi connectivity index (χ2v) is 10.6. The predicted octanol–water partition coefficient (Wildman–Crippen LogP) is 3.29. The summed E-state index contributed by atoms with van der Waals surface area (Å²) in [6, 6.07) is 13.3. The maximum absolute atomic E-state index is 13.7. The van der Waals surface area contributed by atoms with Crippen molar-refractivity contribution < 1.29 is 27.5 Å². The Hall–Kier alpha value is -2.91. The Bertz CT molecular complexity index is 1140. The second kappa shape index (κ2) is 10.1. The van der Waals surface area contributed by atoms with Crippen LogP contribution in [0.5, 0.6) is 5.75 Å². The SMILES string of the molecule is COC(=O)[C@@H]1CN(C(=O)CN(C2CCCCC2)S(=O)(=O)c2ccc(C)cc2)c2ccccc2O1. The van der Waals surface area contributed by atoms with Crippen molar-refractivity contribution in [3.63, 3.8) is 0 Å². The lowest BCUT2D eigenvalue weighted by Gasteiger charge is -2.37. The molecule has 2 aromatic rings. The van der Waals surface area contributed by atoms with Gasteiger partial charge in [0.05, 0.1) is 30.8 Å². The highest BCUT2D eigenvalue weighted by atomic mass is 32.2. The number of sulfonamides is 1. The lowest BCUT2D eigenvalue weighted by molar-refractivity contribution is -0.148. The van der Waals surface area contributed by atoms with Gasteiger partial charge in [-0.1, -0.05) is 49.1 Å². The fourth-order valence-corrected chi connectivity index (χ4v) is 6.20. The molecule has 1 aliphatic carbocycles. The Balaban J connectivity index is 1.66. The molecule has 0 aromatic heterocycles. The van der Waals surface area contributed by atoms with Crippen LogP contribution >= 0.6 is 0 Å². The highest BCUT2D eigenvalue weighted by molar-refractivity contribution is 7.89. The third kappa shape index (κ3) is 4.95. The Labute approximate surface area is 200 Å². The van der Waals surface area contributed by atoms with E-state index >= 15 is 0 Å². The number of para-hydroxylation sites is 2. The van der Waals surface area contributed by atoms with Crippen LogP contribution in [0.4, 0.5) is 5.69 Å². The molecule has 0 spiro atoms. The molecule has 1 fully saturated rings. The summed E-state index contributed by atoms with van der Waals surface area (Å²) < 4.78 is 39.3. The highest BCUT2D eigenvalue weighted by Crippen LogP contribution is 2.34. The summed E-state index contributed by atoms with van der Waals surface area (Å²) >= 11 is 0. The average molecular weight is 487 g/mol. The van der Waals surface area contributed by atoms with Crippen molar-refractivity contribution in [1.82, 2.24) is 4.31 Å². The molecule has 0 bridgehead atoms. The van der Waals surface area contributed by atoms with E-state index in [2.05, 4.69) is 0 Å². The first-order valence-electron chi connectivity index (χ1n) is 11.5. The summed E-state index contributed by atoms with van der Waals surface area (Å²) in [5.41, 5.74) is 1.46. The zero-order chi connectivity index (χ0) is 24.3. The Morgan fingerprint density at radius 2 is 1.74 bits per heavy atom. The normalized spacial score (nSPS) is 18.8. The van der Waals surface area contributed by atoms with Crippen LogP contribution in [0.1, 0.15) is 37.7 Å². The predicted molar refractivity (Wildman–Crippen MR) is 127 cm³/mol. The number of amides is 1. The van der Waals surface area contributed by atoms with Crippen molar-refractivity contribution in [2.45, 2.75) is 56.1 Å².